The van der Waals surface area contributed by atoms with Gasteiger partial charge in [0.15, 0.2) is 11.2 Å². The molecule has 1 aromatic carbocycles. The minimum absolute atomic E-state index is 0.190. The molecule has 0 fully saturated rings. The first kappa shape index (κ1) is 12.4. The van der Waals surface area contributed by atoms with E-state index in [-0.39, 0.29) is 12.2 Å². The van der Waals surface area contributed by atoms with Crippen LogP contribution in [0, 0.1) is 0 Å². The SMILES string of the molecule is NCNc1nc2nc(Cc3ccccc3)[nH]c2c(=O)[nH]1. The molecule has 20 heavy (non-hydrogen) atoms. The highest BCUT2D eigenvalue weighted by molar-refractivity contribution is 5.70. The third kappa shape index (κ3) is 2.39. The van der Waals surface area contributed by atoms with E-state index in [1.54, 1.807) is 0 Å². The minimum Gasteiger partial charge on any atom is -0.343 e. The van der Waals surface area contributed by atoms with E-state index in [0.717, 1.165) is 5.56 Å². The highest BCUT2D eigenvalue weighted by atomic mass is 16.1. The number of rotatable bonds is 4. The maximum absolute atomic E-state index is 11.9. The molecule has 0 amide bonds. The number of aromatic amines is 2. The van der Waals surface area contributed by atoms with E-state index in [1.807, 2.05) is 30.3 Å². The van der Waals surface area contributed by atoms with Gasteiger partial charge in [-0.3, -0.25) is 9.78 Å². The quantitative estimate of drug-likeness (QED) is 0.518. The van der Waals surface area contributed by atoms with E-state index in [1.165, 1.54) is 0 Å². The molecule has 0 spiro atoms. The Bertz CT molecular complexity index is 776. The van der Waals surface area contributed by atoms with Crippen LogP contribution in [0.15, 0.2) is 35.1 Å². The number of nitrogens with zero attached hydrogens (tertiary/aromatic N) is 2. The molecule has 7 heteroatoms. The molecular weight excluding hydrogens is 256 g/mol. The molecule has 5 N–H and O–H groups in total. The normalized spacial score (nSPS) is 10.8. The second kappa shape index (κ2) is 5.14. The largest absolute Gasteiger partial charge is 0.343 e. The van der Waals surface area contributed by atoms with Gasteiger partial charge in [-0.1, -0.05) is 30.3 Å². The van der Waals surface area contributed by atoms with Crippen molar-refractivity contribution in [2.24, 2.45) is 5.73 Å². The van der Waals surface area contributed by atoms with Crippen molar-refractivity contribution >= 4 is 17.1 Å². The summed E-state index contributed by atoms with van der Waals surface area (Å²) in [5.74, 6) is 1.02. The summed E-state index contributed by atoms with van der Waals surface area (Å²) in [6.07, 6.45) is 0.621. The summed E-state index contributed by atoms with van der Waals surface area (Å²) in [5.41, 5.74) is 6.97. The van der Waals surface area contributed by atoms with Crippen molar-refractivity contribution in [2.75, 3.05) is 12.0 Å². The molecule has 0 aliphatic carbocycles. The number of fused-ring (bicyclic) bond motifs is 1. The molecule has 7 nitrogen and oxygen atoms in total. The van der Waals surface area contributed by atoms with Crippen molar-refractivity contribution in [1.29, 1.82) is 0 Å². The molecule has 2 aromatic heterocycles. The maximum Gasteiger partial charge on any atom is 0.278 e. The molecule has 0 saturated heterocycles. The van der Waals surface area contributed by atoms with E-state index in [4.69, 9.17) is 5.73 Å². The molecule has 0 unspecified atom stereocenters. The van der Waals surface area contributed by atoms with Gasteiger partial charge in [-0.05, 0) is 5.56 Å². The highest BCUT2D eigenvalue weighted by Gasteiger charge is 2.09. The predicted molar refractivity (Wildman–Crippen MR) is 76.4 cm³/mol. The van der Waals surface area contributed by atoms with Crippen LogP contribution in [0.5, 0.6) is 0 Å². The first-order chi connectivity index (χ1) is 9.76. The number of nitrogens with one attached hydrogen (secondary N) is 3. The molecule has 0 radical (unpaired) electrons. The summed E-state index contributed by atoms with van der Waals surface area (Å²) in [7, 11) is 0. The molecule has 3 aromatic rings. The summed E-state index contributed by atoms with van der Waals surface area (Å²) in [6, 6.07) is 9.90. The minimum atomic E-state index is -0.266. The van der Waals surface area contributed by atoms with Gasteiger partial charge < -0.3 is 16.0 Å². The average Bonchev–Trinajstić information content (AvgIpc) is 2.83. The summed E-state index contributed by atoms with van der Waals surface area (Å²) >= 11 is 0. The van der Waals surface area contributed by atoms with Crippen molar-refractivity contribution in [3.63, 3.8) is 0 Å². The third-order valence-electron chi connectivity index (χ3n) is 2.89. The predicted octanol–water partition coefficient (Wildman–Crippen LogP) is 0.565. The van der Waals surface area contributed by atoms with Gasteiger partial charge in [0.05, 0.1) is 6.67 Å². The Hall–Kier alpha value is -2.67. The molecule has 0 bridgehead atoms. The lowest BCUT2D eigenvalue weighted by atomic mass is 10.1. The first-order valence-electron chi connectivity index (χ1n) is 6.23. The lowest BCUT2D eigenvalue weighted by Crippen LogP contribution is -2.17. The Morgan fingerprint density at radius 1 is 1.15 bits per heavy atom. The number of hydrogen-bond donors (Lipinski definition) is 4. The number of aromatic nitrogens is 4. The van der Waals surface area contributed by atoms with Gasteiger partial charge in [0.25, 0.3) is 5.56 Å². The van der Waals surface area contributed by atoms with Gasteiger partial charge in [-0.2, -0.15) is 4.98 Å². The van der Waals surface area contributed by atoms with E-state index in [9.17, 15) is 4.79 Å². The second-order valence-electron chi connectivity index (χ2n) is 4.34. The van der Waals surface area contributed by atoms with Gasteiger partial charge in [0.1, 0.15) is 5.82 Å². The highest BCUT2D eigenvalue weighted by Crippen LogP contribution is 2.10. The molecule has 0 atom stereocenters. The van der Waals surface area contributed by atoms with Gasteiger partial charge in [-0.15, -0.1) is 0 Å². The Kier molecular flexibility index (Phi) is 3.18. The molecule has 0 saturated carbocycles. The number of H-pyrrole nitrogens is 2. The Morgan fingerprint density at radius 2 is 1.95 bits per heavy atom. The van der Waals surface area contributed by atoms with Gasteiger partial charge in [0, 0.05) is 6.42 Å². The lowest BCUT2D eigenvalue weighted by molar-refractivity contribution is 1.03. The van der Waals surface area contributed by atoms with E-state index < -0.39 is 0 Å². The van der Waals surface area contributed by atoms with Crippen LogP contribution in [0.1, 0.15) is 11.4 Å². The van der Waals surface area contributed by atoms with Gasteiger partial charge in [0.2, 0.25) is 5.95 Å². The summed E-state index contributed by atoms with van der Waals surface area (Å²) < 4.78 is 0. The Balaban J connectivity index is 1.98. The number of hydrogen-bond acceptors (Lipinski definition) is 5. The smallest absolute Gasteiger partial charge is 0.278 e. The number of imidazole rings is 1. The van der Waals surface area contributed by atoms with Crippen LogP contribution in [0.2, 0.25) is 0 Å². The van der Waals surface area contributed by atoms with Crippen LogP contribution >= 0.6 is 0 Å². The van der Waals surface area contributed by atoms with Gasteiger partial charge >= 0.3 is 0 Å². The Labute approximate surface area is 114 Å². The molecule has 0 aliphatic heterocycles. The second-order valence-corrected chi connectivity index (χ2v) is 4.34. The first-order valence-corrected chi connectivity index (χ1v) is 6.23. The Morgan fingerprint density at radius 3 is 2.70 bits per heavy atom. The third-order valence-corrected chi connectivity index (χ3v) is 2.89. The van der Waals surface area contributed by atoms with Crippen LogP contribution < -0.4 is 16.6 Å². The van der Waals surface area contributed by atoms with Crippen molar-refractivity contribution in [3.05, 3.63) is 52.1 Å². The van der Waals surface area contributed by atoms with E-state index in [0.29, 0.717) is 29.4 Å². The zero-order chi connectivity index (χ0) is 13.9. The monoisotopic (exact) mass is 270 g/mol. The summed E-state index contributed by atoms with van der Waals surface area (Å²) in [5, 5.41) is 2.76. The van der Waals surface area contributed by atoms with Gasteiger partial charge in [-0.25, -0.2) is 4.98 Å². The van der Waals surface area contributed by atoms with Crippen LogP contribution in [-0.4, -0.2) is 26.6 Å². The fourth-order valence-electron chi connectivity index (χ4n) is 2.01. The van der Waals surface area contributed by atoms with Crippen LogP contribution in [0.25, 0.3) is 11.2 Å². The zero-order valence-electron chi connectivity index (χ0n) is 10.7. The number of nitrogens with two attached hydrogens (primary N) is 1. The average molecular weight is 270 g/mol. The van der Waals surface area contributed by atoms with Crippen LogP contribution in [0.3, 0.4) is 0 Å². The van der Waals surface area contributed by atoms with E-state index in [2.05, 4.69) is 25.3 Å². The van der Waals surface area contributed by atoms with Crippen molar-refractivity contribution in [1.82, 2.24) is 19.9 Å². The molecular formula is C13H14N6O. The molecule has 3 rings (SSSR count). The fraction of sp³-hybridized carbons (Fsp3) is 0.154. The summed E-state index contributed by atoms with van der Waals surface area (Å²) in [4.78, 5) is 26.0. The lowest BCUT2D eigenvalue weighted by Gasteiger charge is -1.99. The molecule has 2 heterocycles. The van der Waals surface area contributed by atoms with Crippen molar-refractivity contribution < 1.29 is 0 Å². The van der Waals surface area contributed by atoms with E-state index >= 15 is 0 Å². The number of anilines is 1. The summed E-state index contributed by atoms with van der Waals surface area (Å²) in [6.45, 7) is 0.190. The topological polar surface area (TPSA) is 112 Å². The zero-order valence-corrected chi connectivity index (χ0v) is 10.7. The molecule has 102 valence electrons. The van der Waals surface area contributed by atoms with Crippen LogP contribution in [0.4, 0.5) is 5.95 Å². The van der Waals surface area contributed by atoms with Crippen LogP contribution in [-0.2, 0) is 6.42 Å². The fourth-order valence-corrected chi connectivity index (χ4v) is 2.01. The van der Waals surface area contributed by atoms with Crippen molar-refractivity contribution in [2.45, 2.75) is 6.42 Å². The standard InChI is InChI=1S/C13H14N6O/c14-7-15-13-18-11-10(12(20)19-13)16-9(17-11)6-8-4-2-1-3-5-8/h1-5H,6-7,14H2,(H3,15,16,17,18,19,20). The molecule has 0 aliphatic rings. The maximum atomic E-state index is 11.9. The number of benzene rings is 1. The van der Waals surface area contributed by atoms with Crippen molar-refractivity contribution in [3.8, 4) is 0 Å².